The van der Waals surface area contributed by atoms with E-state index in [1.54, 1.807) is 7.05 Å². The summed E-state index contributed by atoms with van der Waals surface area (Å²) in [5.74, 6) is -0.0138. The van der Waals surface area contributed by atoms with Crippen molar-refractivity contribution in [3.63, 3.8) is 0 Å². The molecule has 0 fully saturated rings. The van der Waals surface area contributed by atoms with Crippen molar-refractivity contribution in [1.29, 1.82) is 0 Å². The lowest BCUT2D eigenvalue weighted by atomic mass is 9.91. The van der Waals surface area contributed by atoms with Crippen molar-refractivity contribution < 1.29 is 9.72 Å². The molecule has 20 heavy (non-hydrogen) atoms. The molecule has 0 aliphatic carbocycles. The summed E-state index contributed by atoms with van der Waals surface area (Å²) < 4.78 is 0. The number of hydrogen-bond acceptors (Lipinski definition) is 3. The van der Waals surface area contributed by atoms with Crippen molar-refractivity contribution >= 4 is 23.2 Å². The van der Waals surface area contributed by atoms with Gasteiger partial charge < -0.3 is 4.90 Å². The molecule has 0 atom stereocenters. The molecule has 0 spiro atoms. The van der Waals surface area contributed by atoms with Crippen LogP contribution in [0.25, 0.3) is 0 Å². The Morgan fingerprint density at radius 2 is 2.00 bits per heavy atom. The number of non-ortho nitro benzene ring substituents is 1. The van der Waals surface area contributed by atoms with Gasteiger partial charge in [0.25, 0.3) is 5.69 Å². The van der Waals surface area contributed by atoms with Crippen LogP contribution < -0.4 is 0 Å². The molecule has 0 unspecified atom stereocenters. The normalized spacial score (nSPS) is 11.2. The first-order chi connectivity index (χ1) is 9.10. The topological polar surface area (TPSA) is 63.4 Å². The molecule has 0 heterocycles. The molecule has 1 aromatic rings. The van der Waals surface area contributed by atoms with Gasteiger partial charge in [0.2, 0.25) is 5.91 Å². The van der Waals surface area contributed by atoms with Crippen LogP contribution >= 0.6 is 11.6 Å². The maximum Gasteiger partial charge on any atom is 0.269 e. The summed E-state index contributed by atoms with van der Waals surface area (Å²) in [5.41, 5.74) is 0.448. The van der Waals surface area contributed by atoms with Gasteiger partial charge in [-0.15, -0.1) is 0 Å². The first kappa shape index (κ1) is 16.4. The van der Waals surface area contributed by atoms with Gasteiger partial charge in [0, 0.05) is 37.2 Å². The number of amides is 1. The lowest BCUT2D eigenvalue weighted by Gasteiger charge is -2.23. The number of nitrogens with zero attached hydrogens (tertiary/aromatic N) is 2. The van der Waals surface area contributed by atoms with Gasteiger partial charge in [-0.05, 0) is 17.0 Å². The van der Waals surface area contributed by atoms with Crippen LogP contribution in [0.2, 0.25) is 5.02 Å². The van der Waals surface area contributed by atoms with E-state index in [2.05, 4.69) is 0 Å². The molecular formula is C14H19ClN2O3. The lowest BCUT2D eigenvalue weighted by molar-refractivity contribution is -0.384. The van der Waals surface area contributed by atoms with Crippen LogP contribution in [0.3, 0.4) is 0 Å². The summed E-state index contributed by atoms with van der Waals surface area (Å²) in [5, 5.41) is 11.2. The average Bonchev–Trinajstić information content (AvgIpc) is 2.29. The third-order valence-electron chi connectivity index (χ3n) is 2.75. The van der Waals surface area contributed by atoms with Crippen LogP contribution in [-0.4, -0.2) is 22.8 Å². The largest absolute Gasteiger partial charge is 0.341 e. The smallest absolute Gasteiger partial charge is 0.269 e. The molecule has 0 N–H and O–H groups in total. The summed E-state index contributed by atoms with van der Waals surface area (Å²) in [7, 11) is 1.67. The molecule has 0 bridgehead atoms. The Morgan fingerprint density at radius 1 is 1.40 bits per heavy atom. The summed E-state index contributed by atoms with van der Waals surface area (Å²) in [6.07, 6.45) is 0.413. The van der Waals surface area contributed by atoms with E-state index in [0.29, 0.717) is 17.0 Å². The second-order valence-corrected chi connectivity index (χ2v) is 6.43. The molecule has 0 aliphatic heterocycles. The van der Waals surface area contributed by atoms with Gasteiger partial charge in [0.05, 0.1) is 4.92 Å². The summed E-state index contributed by atoms with van der Waals surface area (Å²) in [6.45, 7) is 6.21. The Labute approximate surface area is 123 Å². The van der Waals surface area contributed by atoms with Gasteiger partial charge in [0.15, 0.2) is 0 Å². The Kier molecular flexibility index (Phi) is 5.11. The number of halogens is 1. The highest BCUT2D eigenvalue weighted by atomic mass is 35.5. The highest BCUT2D eigenvalue weighted by molar-refractivity contribution is 6.31. The van der Waals surface area contributed by atoms with Gasteiger partial charge in [-0.2, -0.15) is 0 Å². The number of nitro groups is 1. The Bertz CT molecular complexity index is 524. The molecular weight excluding hydrogens is 280 g/mol. The van der Waals surface area contributed by atoms with Crippen molar-refractivity contribution in [2.45, 2.75) is 33.7 Å². The van der Waals surface area contributed by atoms with E-state index in [1.807, 2.05) is 20.8 Å². The van der Waals surface area contributed by atoms with Crippen LogP contribution in [0, 0.1) is 15.5 Å². The summed E-state index contributed by atoms with van der Waals surface area (Å²) in [6, 6.07) is 4.24. The number of nitro benzene ring substituents is 1. The van der Waals surface area contributed by atoms with Crippen LogP contribution in [0.5, 0.6) is 0 Å². The van der Waals surface area contributed by atoms with E-state index in [-0.39, 0.29) is 23.6 Å². The number of carbonyl (C=O) groups excluding carboxylic acids is 1. The zero-order valence-electron chi connectivity index (χ0n) is 12.1. The van der Waals surface area contributed by atoms with Crippen LogP contribution in [0.1, 0.15) is 32.8 Å². The second-order valence-electron chi connectivity index (χ2n) is 6.02. The lowest BCUT2D eigenvalue weighted by Crippen LogP contribution is -2.29. The van der Waals surface area contributed by atoms with E-state index >= 15 is 0 Å². The SMILES string of the molecule is CN(Cc1cc([N+](=O)[O-])ccc1Cl)C(=O)CC(C)(C)C. The highest BCUT2D eigenvalue weighted by Crippen LogP contribution is 2.24. The maximum atomic E-state index is 12.0. The predicted molar refractivity (Wildman–Crippen MR) is 78.7 cm³/mol. The molecule has 110 valence electrons. The van der Waals surface area contributed by atoms with Crippen LogP contribution in [0.4, 0.5) is 5.69 Å². The number of rotatable bonds is 4. The molecule has 0 radical (unpaired) electrons. The zero-order valence-corrected chi connectivity index (χ0v) is 12.9. The molecule has 5 nitrogen and oxygen atoms in total. The van der Waals surface area contributed by atoms with E-state index in [4.69, 9.17) is 11.6 Å². The molecule has 1 amide bonds. The van der Waals surface area contributed by atoms with E-state index in [1.165, 1.54) is 23.1 Å². The van der Waals surface area contributed by atoms with Crippen molar-refractivity contribution in [1.82, 2.24) is 4.90 Å². The minimum atomic E-state index is -0.475. The molecule has 0 aliphatic rings. The molecule has 6 heteroatoms. The fourth-order valence-electron chi connectivity index (χ4n) is 1.73. The minimum Gasteiger partial charge on any atom is -0.341 e. The predicted octanol–water partition coefficient (Wildman–Crippen LogP) is 3.64. The third kappa shape index (κ3) is 4.81. The van der Waals surface area contributed by atoms with Crippen LogP contribution in [-0.2, 0) is 11.3 Å². The van der Waals surface area contributed by atoms with Gasteiger partial charge in [-0.1, -0.05) is 32.4 Å². The van der Waals surface area contributed by atoms with Gasteiger partial charge >= 0.3 is 0 Å². The first-order valence-electron chi connectivity index (χ1n) is 6.27. The maximum absolute atomic E-state index is 12.0. The molecule has 1 rings (SSSR count). The van der Waals surface area contributed by atoms with Crippen LogP contribution in [0.15, 0.2) is 18.2 Å². The summed E-state index contributed by atoms with van der Waals surface area (Å²) in [4.78, 5) is 23.9. The number of hydrogen-bond donors (Lipinski definition) is 0. The van der Waals surface area contributed by atoms with Gasteiger partial charge in [-0.3, -0.25) is 14.9 Å². The molecule has 1 aromatic carbocycles. The fraction of sp³-hybridized carbons (Fsp3) is 0.500. The third-order valence-corrected chi connectivity index (χ3v) is 3.12. The molecule has 0 saturated heterocycles. The Morgan fingerprint density at radius 3 is 2.50 bits per heavy atom. The standard InChI is InChI=1S/C14H19ClN2O3/c1-14(2,3)8-13(18)16(4)9-10-7-11(17(19)20)5-6-12(10)15/h5-7H,8-9H2,1-4H3. The fourth-order valence-corrected chi connectivity index (χ4v) is 1.91. The second kappa shape index (κ2) is 6.22. The molecule has 0 aromatic heterocycles. The van der Waals surface area contributed by atoms with Gasteiger partial charge in [0.1, 0.15) is 0 Å². The molecule has 0 saturated carbocycles. The van der Waals surface area contributed by atoms with Crippen molar-refractivity contribution in [2.24, 2.45) is 5.41 Å². The Balaban J connectivity index is 2.85. The van der Waals surface area contributed by atoms with E-state index < -0.39 is 4.92 Å². The summed E-state index contributed by atoms with van der Waals surface area (Å²) >= 11 is 6.02. The Hall–Kier alpha value is -1.62. The number of carbonyl (C=O) groups is 1. The minimum absolute atomic E-state index is 0.0138. The van der Waals surface area contributed by atoms with Crippen molar-refractivity contribution in [3.05, 3.63) is 38.9 Å². The van der Waals surface area contributed by atoms with Crippen molar-refractivity contribution in [3.8, 4) is 0 Å². The zero-order chi connectivity index (χ0) is 15.5. The van der Waals surface area contributed by atoms with E-state index in [0.717, 1.165) is 0 Å². The average molecular weight is 299 g/mol. The first-order valence-corrected chi connectivity index (χ1v) is 6.65. The monoisotopic (exact) mass is 298 g/mol. The van der Waals surface area contributed by atoms with E-state index in [9.17, 15) is 14.9 Å². The van der Waals surface area contributed by atoms with Gasteiger partial charge in [-0.25, -0.2) is 0 Å². The quantitative estimate of drug-likeness (QED) is 0.629. The number of benzene rings is 1. The highest BCUT2D eigenvalue weighted by Gasteiger charge is 2.20. The van der Waals surface area contributed by atoms with Crippen molar-refractivity contribution in [2.75, 3.05) is 7.05 Å².